The number of ether oxygens (including phenoxy) is 1. The molecule has 2 saturated heterocycles. The van der Waals surface area contributed by atoms with Crippen LogP contribution in [0.1, 0.15) is 43.0 Å². The number of anilines is 2. The molecule has 184 valence electrons. The molecule has 2 N–H and O–H groups in total. The molecule has 2 aliphatic rings. The molecule has 0 spiro atoms. The van der Waals surface area contributed by atoms with Gasteiger partial charge in [-0.2, -0.15) is 0 Å². The zero-order valence-electron chi connectivity index (χ0n) is 19.4. The van der Waals surface area contributed by atoms with E-state index in [1.165, 1.54) is 37.2 Å². The van der Waals surface area contributed by atoms with Gasteiger partial charge in [-0.15, -0.1) is 0 Å². The topological polar surface area (TPSA) is 112 Å². The first kappa shape index (κ1) is 24.3. The highest BCUT2D eigenvalue weighted by Crippen LogP contribution is 2.28. The van der Waals surface area contributed by atoms with Gasteiger partial charge in [0.05, 0.1) is 23.4 Å². The van der Waals surface area contributed by atoms with Crippen molar-refractivity contribution in [3.05, 3.63) is 42.1 Å². The summed E-state index contributed by atoms with van der Waals surface area (Å²) in [4.78, 5) is 21.0. The van der Waals surface area contributed by atoms with E-state index in [2.05, 4.69) is 14.6 Å². The molecule has 2 aliphatic heterocycles. The maximum atomic E-state index is 12.8. The molecule has 0 bridgehead atoms. The molecule has 1 aromatic carbocycles. The lowest BCUT2D eigenvalue weighted by molar-refractivity contribution is 0.0697. The molecule has 2 aromatic rings. The van der Waals surface area contributed by atoms with Crippen LogP contribution in [0.5, 0.6) is 5.75 Å². The Kier molecular flexibility index (Phi) is 7.57. The second-order valence-corrected chi connectivity index (χ2v) is 10.6. The molecule has 9 nitrogen and oxygen atoms in total. The quantitative estimate of drug-likeness (QED) is 0.553. The van der Waals surface area contributed by atoms with Crippen molar-refractivity contribution in [1.82, 2.24) is 9.88 Å². The van der Waals surface area contributed by atoms with Gasteiger partial charge in [0.1, 0.15) is 17.1 Å². The summed E-state index contributed by atoms with van der Waals surface area (Å²) >= 11 is 0. The number of nitrogens with one attached hydrogen (secondary N) is 1. The van der Waals surface area contributed by atoms with Gasteiger partial charge in [-0.05, 0) is 81.9 Å². The molecule has 1 aromatic heterocycles. The Morgan fingerprint density at radius 1 is 1.18 bits per heavy atom. The number of aromatic nitrogens is 1. The lowest BCUT2D eigenvalue weighted by atomic mass is 9.97. The van der Waals surface area contributed by atoms with Gasteiger partial charge in [0.25, 0.3) is 10.0 Å². The molecule has 34 heavy (non-hydrogen) atoms. The van der Waals surface area contributed by atoms with Crippen LogP contribution in [0.15, 0.2) is 41.4 Å². The number of carboxylic acids is 1. The Morgan fingerprint density at radius 2 is 1.91 bits per heavy atom. The number of sulfonamides is 1. The van der Waals surface area contributed by atoms with Gasteiger partial charge in [0.15, 0.2) is 0 Å². The third-order valence-corrected chi connectivity index (χ3v) is 7.73. The molecule has 0 aliphatic carbocycles. The van der Waals surface area contributed by atoms with E-state index < -0.39 is 16.0 Å². The number of pyridine rings is 1. The normalized spacial score (nSPS) is 19.2. The first-order valence-electron chi connectivity index (χ1n) is 11.8. The van der Waals surface area contributed by atoms with Gasteiger partial charge < -0.3 is 19.6 Å². The lowest BCUT2D eigenvalue weighted by Crippen LogP contribution is -2.41. The largest absolute Gasteiger partial charge is 0.494 e. The number of piperidine rings is 1. The summed E-state index contributed by atoms with van der Waals surface area (Å²) < 4.78 is 33.4. The Hall–Kier alpha value is -2.85. The number of carbonyl (C=O) groups is 1. The van der Waals surface area contributed by atoms with E-state index in [1.54, 1.807) is 12.1 Å². The van der Waals surface area contributed by atoms with Crippen LogP contribution < -0.4 is 14.4 Å². The van der Waals surface area contributed by atoms with Crippen molar-refractivity contribution in [3.63, 3.8) is 0 Å². The molecular weight excluding hydrogens is 456 g/mol. The summed E-state index contributed by atoms with van der Waals surface area (Å²) in [7, 11) is -3.91. The number of aromatic carboxylic acids is 1. The molecule has 4 rings (SSSR count). The summed E-state index contributed by atoms with van der Waals surface area (Å²) in [5, 5.41) is 9.85. The molecule has 3 heterocycles. The number of hydrogen-bond acceptors (Lipinski definition) is 7. The number of likely N-dealkylation sites (tertiary alicyclic amines) is 1. The molecule has 0 unspecified atom stereocenters. The third-order valence-electron chi connectivity index (χ3n) is 6.33. The maximum Gasteiger partial charge on any atom is 0.339 e. The monoisotopic (exact) mass is 488 g/mol. The minimum absolute atomic E-state index is 0.00582. The number of nitrogens with zero attached hydrogens (tertiary/aromatic N) is 3. The number of hydrogen-bond donors (Lipinski definition) is 2. The third kappa shape index (κ3) is 5.79. The van der Waals surface area contributed by atoms with Crippen LogP contribution in [0.4, 0.5) is 11.5 Å². The smallest absolute Gasteiger partial charge is 0.339 e. The standard InChI is InChI=1S/C24H32N4O5S/c1-2-33-20-7-9-21(10-8-20)34(31,32)26-19-14-22(24(29)30)23(25-15-19)28-13-5-6-18(17-28)16-27-11-3-4-12-27/h7-10,14-15,18,26H,2-6,11-13,16-17H2,1H3,(H,29,30)/t18-/m0/s1. The van der Waals surface area contributed by atoms with E-state index in [4.69, 9.17) is 4.74 Å². The van der Waals surface area contributed by atoms with E-state index in [-0.39, 0.29) is 16.1 Å². The van der Waals surface area contributed by atoms with Gasteiger partial charge in [-0.3, -0.25) is 4.72 Å². The van der Waals surface area contributed by atoms with Crippen molar-refractivity contribution in [2.24, 2.45) is 5.92 Å². The van der Waals surface area contributed by atoms with Crippen molar-refractivity contribution in [2.75, 3.05) is 49.0 Å². The minimum Gasteiger partial charge on any atom is -0.494 e. The van der Waals surface area contributed by atoms with E-state index in [0.717, 1.165) is 45.6 Å². The van der Waals surface area contributed by atoms with Crippen LogP contribution in [0.25, 0.3) is 0 Å². The summed E-state index contributed by atoms with van der Waals surface area (Å²) in [5.41, 5.74) is 0.106. The Labute approximate surface area is 200 Å². The van der Waals surface area contributed by atoms with Crippen LogP contribution in [0, 0.1) is 5.92 Å². The summed E-state index contributed by atoms with van der Waals surface area (Å²) in [6.07, 6.45) is 5.98. The van der Waals surface area contributed by atoms with E-state index in [1.807, 2.05) is 11.8 Å². The fraction of sp³-hybridized carbons (Fsp3) is 0.500. The SMILES string of the molecule is CCOc1ccc(S(=O)(=O)Nc2cnc(N3CCC[C@@H](CN4CCCC4)C3)c(C(=O)O)c2)cc1. The zero-order chi connectivity index (χ0) is 24.1. The summed E-state index contributed by atoms with van der Waals surface area (Å²) in [6.45, 7) is 7.12. The zero-order valence-corrected chi connectivity index (χ0v) is 20.3. The highest BCUT2D eigenvalue weighted by molar-refractivity contribution is 7.92. The Bertz CT molecular complexity index is 1100. The molecule has 0 amide bonds. The maximum absolute atomic E-state index is 12.8. The number of benzene rings is 1. The molecule has 2 fully saturated rings. The molecule has 0 radical (unpaired) electrons. The minimum atomic E-state index is -3.91. The van der Waals surface area contributed by atoms with Gasteiger partial charge >= 0.3 is 5.97 Å². The van der Waals surface area contributed by atoms with Crippen LogP contribution >= 0.6 is 0 Å². The van der Waals surface area contributed by atoms with Crippen molar-refractivity contribution < 1.29 is 23.1 Å². The van der Waals surface area contributed by atoms with Crippen molar-refractivity contribution in [1.29, 1.82) is 0 Å². The van der Waals surface area contributed by atoms with Gasteiger partial charge in [0, 0.05) is 19.6 Å². The van der Waals surface area contributed by atoms with E-state index in [0.29, 0.717) is 24.1 Å². The average Bonchev–Trinajstić information content (AvgIpc) is 3.32. The predicted octanol–water partition coefficient (Wildman–Crippen LogP) is 3.29. The highest BCUT2D eigenvalue weighted by Gasteiger charge is 2.27. The van der Waals surface area contributed by atoms with E-state index in [9.17, 15) is 18.3 Å². The summed E-state index contributed by atoms with van der Waals surface area (Å²) in [6, 6.07) is 7.40. The van der Waals surface area contributed by atoms with Crippen molar-refractivity contribution >= 4 is 27.5 Å². The molecule has 0 saturated carbocycles. The molecule has 1 atom stereocenters. The number of rotatable bonds is 9. The van der Waals surface area contributed by atoms with Crippen molar-refractivity contribution in [2.45, 2.75) is 37.5 Å². The Morgan fingerprint density at radius 3 is 2.59 bits per heavy atom. The van der Waals surface area contributed by atoms with Gasteiger partial charge in [-0.1, -0.05) is 0 Å². The molecular formula is C24H32N4O5S. The fourth-order valence-corrected chi connectivity index (χ4v) is 5.79. The second-order valence-electron chi connectivity index (χ2n) is 8.87. The first-order valence-corrected chi connectivity index (χ1v) is 13.3. The first-order chi connectivity index (χ1) is 16.4. The van der Waals surface area contributed by atoms with Crippen LogP contribution in [-0.2, 0) is 10.0 Å². The summed E-state index contributed by atoms with van der Waals surface area (Å²) in [5.74, 6) is 0.298. The van der Waals surface area contributed by atoms with Crippen LogP contribution in [0.2, 0.25) is 0 Å². The van der Waals surface area contributed by atoms with Crippen molar-refractivity contribution in [3.8, 4) is 5.75 Å². The predicted molar refractivity (Wildman–Crippen MR) is 130 cm³/mol. The Balaban J connectivity index is 1.50. The number of carboxylic acid groups (broad SMARTS) is 1. The van der Waals surface area contributed by atoms with Gasteiger partial charge in [0.2, 0.25) is 0 Å². The fourth-order valence-electron chi connectivity index (χ4n) is 4.76. The van der Waals surface area contributed by atoms with Crippen LogP contribution in [-0.4, -0.2) is 68.7 Å². The van der Waals surface area contributed by atoms with Gasteiger partial charge in [-0.25, -0.2) is 18.2 Å². The lowest BCUT2D eigenvalue weighted by Gasteiger charge is -2.36. The van der Waals surface area contributed by atoms with Crippen LogP contribution in [0.3, 0.4) is 0 Å². The average molecular weight is 489 g/mol. The van der Waals surface area contributed by atoms with E-state index >= 15 is 0 Å². The highest BCUT2D eigenvalue weighted by atomic mass is 32.2. The molecule has 10 heteroatoms. The second kappa shape index (κ2) is 10.6.